The third-order valence-electron chi connectivity index (χ3n) is 4.23. The topological polar surface area (TPSA) is 51.1 Å². The zero-order chi connectivity index (χ0) is 14.4. The molecule has 0 bridgehead atoms. The molecule has 5 nitrogen and oxygen atoms in total. The van der Waals surface area contributed by atoms with Crippen LogP contribution in [0.1, 0.15) is 39.0 Å². The molecular formula is C15H26N2O3. The number of carbonyl (C=O) groups excluding carboxylic acids is 1. The summed E-state index contributed by atoms with van der Waals surface area (Å²) in [7, 11) is 1.73. The summed E-state index contributed by atoms with van der Waals surface area (Å²) in [5.74, 6) is 0.158. The second kappa shape index (κ2) is 7.62. The molecule has 0 aromatic carbocycles. The summed E-state index contributed by atoms with van der Waals surface area (Å²) in [6, 6.07) is 0.386. The van der Waals surface area contributed by atoms with Crippen molar-refractivity contribution in [1.29, 1.82) is 0 Å². The second-order valence-electron chi connectivity index (χ2n) is 5.69. The van der Waals surface area contributed by atoms with Crippen molar-refractivity contribution in [3.63, 3.8) is 0 Å². The van der Waals surface area contributed by atoms with Crippen LogP contribution < -0.4 is 0 Å². The van der Waals surface area contributed by atoms with Crippen molar-refractivity contribution in [3.8, 4) is 0 Å². The van der Waals surface area contributed by atoms with Crippen LogP contribution in [0.25, 0.3) is 0 Å². The van der Waals surface area contributed by atoms with Crippen molar-refractivity contribution in [1.82, 2.24) is 5.01 Å². The van der Waals surface area contributed by atoms with Crippen LogP contribution in [0.3, 0.4) is 0 Å². The average molecular weight is 282 g/mol. The Bertz CT molecular complexity index is 346. The van der Waals surface area contributed by atoms with Gasteiger partial charge in [0.05, 0.1) is 25.2 Å². The van der Waals surface area contributed by atoms with Crippen molar-refractivity contribution >= 4 is 12.2 Å². The third-order valence-corrected chi connectivity index (χ3v) is 4.23. The predicted octanol–water partition coefficient (Wildman–Crippen LogP) is 2.06. The van der Waals surface area contributed by atoms with E-state index in [0.717, 1.165) is 45.3 Å². The lowest BCUT2D eigenvalue weighted by Gasteiger charge is -2.28. The van der Waals surface area contributed by atoms with Gasteiger partial charge in [-0.3, -0.25) is 9.80 Å². The van der Waals surface area contributed by atoms with Crippen LogP contribution in [0.4, 0.5) is 0 Å². The van der Waals surface area contributed by atoms with Crippen LogP contribution in [-0.4, -0.2) is 50.1 Å². The number of hydrogen-bond donors (Lipinski definition) is 0. The number of hydrogen-bond acceptors (Lipinski definition) is 5. The van der Waals surface area contributed by atoms with Crippen LogP contribution in [-0.2, 0) is 14.3 Å². The van der Waals surface area contributed by atoms with Gasteiger partial charge in [-0.25, -0.2) is 0 Å². The van der Waals surface area contributed by atoms with Gasteiger partial charge >= 0.3 is 5.97 Å². The Labute approximate surface area is 121 Å². The Balaban J connectivity index is 1.95. The van der Waals surface area contributed by atoms with E-state index in [9.17, 15) is 4.79 Å². The van der Waals surface area contributed by atoms with Crippen molar-refractivity contribution in [2.45, 2.75) is 45.1 Å². The predicted molar refractivity (Wildman–Crippen MR) is 77.6 cm³/mol. The minimum atomic E-state index is -0.0515. The van der Waals surface area contributed by atoms with Crippen LogP contribution in [0.5, 0.6) is 0 Å². The molecule has 114 valence electrons. The Hall–Kier alpha value is -1.10. The molecule has 5 heteroatoms. The summed E-state index contributed by atoms with van der Waals surface area (Å²) >= 11 is 0. The summed E-state index contributed by atoms with van der Waals surface area (Å²) in [4.78, 5) is 11.8. The fourth-order valence-electron chi connectivity index (χ4n) is 3.11. The second-order valence-corrected chi connectivity index (χ2v) is 5.69. The summed E-state index contributed by atoms with van der Waals surface area (Å²) in [6.45, 7) is 4.34. The van der Waals surface area contributed by atoms with Gasteiger partial charge < -0.3 is 9.47 Å². The van der Waals surface area contributed by atoms with E-state index in [2.05, 4.69) is 17.0 Å². The maximum atomic E-state index is 11.8. The smallest absolute Gasteiger partial charge is 0.309 e. The fraction of sp³-hybridized carbons (Fsp3) is 0.867. The maximum absolute atomic E-state index is 11.8. The van der Waals surface area contributed by atoms with Gasteiger partial charge in [0.1, 0.15) is 0 Å². The van der Waals surface area contributed by atoms with E-state index in [1.165, 1.54) is 0 Å². The van der Waals surface area contributed by atoms with Gasteiger partial charge in [-0.05, 0) is 25.7 Å². The zero-order valence-corrected chi connectivity index (χ0v) is 12.6. The maximum Gasteiger partial charge on any atom is 0.309 e. The molecule has 0 aromatic rings. The standard InChI is InChI=1S/C15H26N2O3/c1-3-5-14-12(7-9-20-15(14)18)10-16-17-8-4-6-13(17)11-19-2/h10,12-14H,3-9,11H2,1-2H3/t12-,13-,14-/m0/s1. The Kier molecular flexibility index (Phi) is 5.83. The van der Waals surface area contributed by atoms with E-state index in [0.29, 0.717) is 12.6 Å². The lowest BCUT2D eigenvalue weighted by atomic mass is 9.85. The number of nitrogens with zero attached hydrogens (tertiary/aromatic N) is 2. The molecule has 3 atom stereocenters. The van der Waals surface area contributed by atoms with Crippen molar-refractivity contribution in [2.24, 2.45) is 16.9 Å². The first-order chi connectivity index (χ1) is 9.76. The summed E-state index contributed by atoms with van der Waals surface area (Å²) in [5.41, 5.74) is 0. The first-order valence-electron chi connectivity index (χ1n) is 7.72. The SMILES string of the molecule is CCC[C@@H]1C(=O)OCC[C@H]1C=NN1CCC[C@H]1COC. The highest BCUT2D eigenvalue weighted by Crippen LogP contribution is 2.26. The molecule has 0 aliphatic carbocycles. The van der Waals surface area contributed by atoms with Crippen LogP contribution in [0.15, 0.2) is 5.10 Å². The minimum Gasteiger partial charge on any atom is -0.465 e. The summed E-state index contributed by atoms with van der Waals surface area (Å²) in [6.07, 6.45) is 7.06. The Morgan fingerprint density at radius 1 is 1.50 bits per heavy atom. The highest BCUT2D eigenvalue weighted by Gasteiger charge is 2.32. The molecule has 0 aromatic heterocycles. The molecule has 2 aliphatic rings. The van der Waals surface area contributed by atoms with Gasteiger partial charge in [0.25, 0.3) is 0 Å². The monoisotopic (exact) mass is 282 g/mol. The molecule has 0 N–H and O–H groups in total. The quantitative estimate of drug-likeness (QED) is 0.553. The van der Waals surface area contributed by atoms with Gasteiger partial charge in [-0.15, -0.1) is 0 Å². The average Bonchev–Trinajstić information content (AvgIpc) is 2.87. The van der Waals surface area contributed by atoms with E-state index in [1.54, 1.807) is 7.11 Å². The number of carbonyl (C=O) groups is 1. The van der Waals surface area contributed by atoms with Gasteiger partial charge in [0, 0.05) is 25.8 Å². The zero-order valence-electron chi connectivity index (χ0n) is 12.6. The normalized spacial score (nSPS) is 31.0. The minimum absolute atomic E-state index is 0.0130. The van der Waals surface area contributed by atoms with Gasteiger partial charge in [0.15, 0.2) is 0 Å². The molecule has 2 aliphatic heterocycles. The highest BCUT2D eigenvalue weighted by molar-refractivity contribution is 5.79. The molecule has 0 unspecified atom stereocenters. The first-order valence-corrected chi connectivity index (χ1v) is 7.72. The van der Waals surface area contributed by atoms with Gasteiger partial charge in [-0.2, -0.15) is 5.10 Å². The van der Waals surface area contributed by atoms with E-state index >= 15 is 0 Å². The first kappa shape index (κ1) is 15.3. The number of cyclic esters (lactones) is 1. The van der Waals surface area contributed by atoms with Crippen molar-refractivity contribution in [3.05, 3.63) is 0 Å². The molecule has 2 rings (SSSR count). The molecular weight excluding hydrogens is 256 g/mol. The highest BCUT2D eigenvalue weighted by atomic mass is 16.5. The molecule has 2 heterocycles. The number of rotatable bonds is 6. The molecule has 0 spiro atoms. The third kappa shape index (κ3) is 3.72. The van der Waals surface area contributed by atoms with Crippen LogP contribution >= 0.6 is 0 Å². The van der Waals surface area contributed by atoms with E-state index in [1.807, 2.05) is 6.21 Å². The molecule has 0 radical (unpaired) electrons. The van der Waals surface area contributed by atoms with E-state index in [-0.39, 0.29) is 17.8 Å². The number of ether oxygens (including phenoxy) is 2. The number of methoxy groups -OCH3 is 1. The number of esters is 1. The molecule has 2 saturated heterocycles. The lowest BCUT2D eigenvalue weighted by molar-refractivity contribution is -0.154. The Morgan fingerprint density at radius 2 is 2.35 bits per heavy atom. The fourth-order valence-corrected chi connectivity index (χ4v) is 3.11. The number of hydrazone groups is 1. The van der Waals surface area contributed by atoms with E-state index in [4.69, 9.17) is 9.47 Å². The largest absolute Gasteiger partial charge is 0.465 e. The molecule has 2 fully saturated rings. The van der Waals surface area contributed by atoms with Crippen LogP contribution in [0.2, 0.25) is 0 Å². The molecule has 20 heavy (non-hydrogen) atoms. The molecule has 0 saturated carbocycles. The van der Waals surface area contributed by atoms with Gasteiger partial charge in [0.2, 0.25) is 0 Å². The summed E-state index contributed by atoms with van der Waals surface area (Å²) < 4.78 is 10.4. The van der Waals surface area contributed by atoms with E-state index < -0.39 is 0 Å². The van der Waals surface area contributed by atoms with Crippen LogP contribution in [0, 0.1) is 11.8 Å². The Morgan fingerprint density at radius 3 is 3.10 bits per heavy atom. The van der Waals surface area contributed by atoms with Crippen molar-refractivity contribution < 1.29 is 14.3 Å². The van der Waals surface area contributed by atoms with Gasteiger partial charge in [-0.1, -0.05) is 13.3 Å². The lowest BCUT2D eigenvalue weighted by Crippen LogP contribution is -2.34. The summed E-state index contributed by atoms with van der Waals surface area (Å²) in [5, 5.41) is 6.75. The van der Waals surface area contributed by atoms with Crippen molar-refractivity contribution in [2.75, 3.05) is 26.9 Å². The molecule has 0 amide bonds.